The maximum absolute atomic E-state index is 13.8. The zero-order valence-electron chi connectivity index (χ0n) is 19.1. The Kier molecular flexibility index (Phi) is 6.54. The van der Waals surface area contributed by atoms with Crippen LogP contribution in [0.25, 0.3) is 0 Å². The molecule has 0 atom stereocenters. The van der Waals surface area contributed by atoms with E-state index in [1.165, 1.54) is 11.0 Å². The minimum absolute atomic E-state index is 0.0595. The van der Waals surface area contributed by atoms with E-state index >= 15 is 0 Å². The first-order valence-corrected chi connectivity index (χ1v) is 11.0. The Hall–Kier alpha value is -3.87. The van der Waals surface area contributed by atoms with Crippen LogP contribution in [0.15, 0.2) is 66.7 Å². The highest BCUT2D eigenvalue weighted by atomic mass is 19.1. The normalized spacial score (nSPS) is 13.6. The molecule has 3 aromatic rings. The van der Waals surface area contributed by atoms with E-state index < -0.39 is 18.4 Å². The van der Waals surface area contributed by atoms with Gasteiger partial charge in [-0.1, -0.05) is 30.3 Å². The molecule has 0 aromatic heterocycles. The molecule has 0 unspecified atom stereocenters. The largest absolute Gasteiger partial charge is 0.489 e. The number of hydrogen-bond donors (Lipinski definition) is 1. The van der Waals surface area contributed by atoms with Crippen LogP contribution in [-0.2, 0) is 24.4 Å². The Labute approximate surface area is 197 Å². The van der Waals surface area contributed by atoms with Crippen molar-refractivity contribution in [1.82, 2.24) is 4.90 Å². The Bertz CT molecular complexity index is 1210. The molecule has 0 aliphatic carbocycles. The van der Waals surface area contributed by atoms with E-state index in [2.05, 4.69) is 0 Å². The number of rotatable bonds is 8. The first-order chi connectivity index (χ1) is 16.2. The van der Waals surface area contributed by atoms with Crippen LogP contribution in [0, 0.1) is 5.82 Å². The number of carbonyl (C=O) groups is 2. The van der Waals surface area contributed by atoms with E-state index in [4.69, 9.17) is 9.47 Å². The van der Waals surface area contributed by atoms with E-state index in [0.29, 0.717) is 16.9 Å². The summed E-state index contributed by atoms with van der Waals surface area (Å²) in [5, 5.41) is 9.36. The van der Waals surface area contributed by atoms with Gasteiger partial charge >= 0.3 is 5.97 Å². The van der Waals surface area contributed by atoms with Crippen molar-refractivity contribution in [3.8, 4) is 11.5 Å². The smallest absolute Gasteiger partial charge is 0.323 e. The van der Waals surface area contributed by atoms with E-state index in [1.54, 1.807) is 42.5 Å². The van der Waals surface area contributed by atoms with Crippen LogP contribution >= 0.6 is 0 Å². The number of ether oxygens (including phenoxy) is 2. The lowest BCUT2D eigenvalue weighted by molar-refractivity contribution is -0.137. The summed E-state index contributed by atoms with van der Waals surface area (Å²) in [7, 11) is 0. The van der Waals surface area contributed by atoms with Crippen molar-refractivity contribution in [2.24, 2.45) is 0 Å². The summed E-state index contributed by atoms with van der Waals surface area (Å²) in [5.74, 6) is -0.550. The predicted octanol–water partition coefficient (Wildman–Crippen LogP) is 4.85. The van der Waals surface area contributed by atoms with Gasteiger partial charge in [-0.05, 0) is 61.4 Å². The molecular weight excluding hydrogens is 437 g/mol. The number of benzene rings is 3. The van der Waals surface area contributed by atoms with Crippen LogP contribution in [0.3, 0.4) is 0 Å². The molecule has 176 valence electrons. The number of fused-ring (bicyclic) bond motifs is 1. The fraction of sp³-hybridized carbons (Fsp3) is 0.259. The average Bonchev–Trinajstić information content (AvgIpc) is 3.11. The van der Waals surface area contributed by atoms with Gasteiger partial charge in [-0.3, -0.25) is 9.59 Å². The topological polar surface area (TPSA) is 76.1 Å². The standard InChI is InChI=1S/C27H26FNO5/c1-27(2)14-21-13-18(7-12-24(21)34-27)15-29(16-25(30)31)26(32)19-8-10-22(11-9-19)33-17-20-5-3-4-6-23(20)28/h3-13H,14-17H2,1-2H3,(H,30,31). The number of aliphatic carboxylic acids is 1. The van der Waals surface area contributed by atoms with Crippen molar-refractivity contribution >= 4 is 11.9 Å². The second-order valence-electron chi connectivity index (χ2n) is 8.94. The molecule has 0 radical (unpaired) electrons. The van der Waals surface area contributed by atoms with Crippen LogP contribution in [-0.4, -0.2) is 34.0 Å². The lowest BCUT2D eigenvalue weighted by atomic mass is 10.00. The zero-order valence-corrected chi connectivity index (χ0v) is 19.1. The molecule has 1 amide bonds. The van der Waals surface area contributed by atoms with Crippen molar-refractivity contribution in [3.05, 3.63) is 94.8 Å². The Morgan fingerprint density at radius 2 is 1.82 bits per heavy atom. The SMILES string of the molecule is CC1(C)Cc2cc(CN(CC(=O)O)C(=O)c3ccc(OCc4ccccc4F)cc3)ccc2O1. The second-order valence-corrected chi connectivity index (χ2v) is 8.94. The first-order valence-electron chi connectivity index (χ1n) is 11.0. The summed E-state index contributed by atoms with van der Waals surface area (Å²) >= 11 is 0. The summed E-state index contributed by atoms with van der Waals surface area (Å²) in [6, 6.07) is 18.4. The molecule has 7 heteroatoms. The molecule has 1 aliphatic rings. The molecule has 3 aromatic carbocycles. The number of nitrogens with zero attached hydrogens (tertiary/aromatic N) is 1. The van der Waals surface area contributed by atoms with Gasteiger partial charge in [-0.2, -0.15) is 0 Å². The quantitative estimate of drug-likeness (QED) is 0.517. The third kappa shape index (κ3) is 5.54. The number of hydrogen-bond acceptors (Lipinski definition) is 4. The highest BCUT2D eigenvalue weighted by Gasteiger charge is 2.30. The van der Waals surface area contributed by atoms with Crippen molar-refractivity contribution in [2.45, 2.75) is 39.0 Å². The summed E-state index contributed by atoms with van der Waals surface area (Å²) in [4.78, 5) is 25.8. The van der Waals surface area contributed by atoms with Crippen LogP contribution < -0.4 is 9.47 Å². The van der Waals surface area contributed by atoms with Gasteiger partial charge in [0, 0.05) is 24.1 Å². The van der Waals surface area contributed by atoms with E-state index in [0.717, 1.165) is 23.3 Å². The zero-order chi connectivity index (χ0) is 24.3. The third-order valence-corrected chi connectivity index (χ3v) is 5.57. The number of carbonyl (C=O) groups excluding carboxylic acids is 1. The van der Waals surface area contributed by atoms with Crippen molar-refractivity contribution < 1.29 is 28.6 Å². The summed E-state index contributed by atoms with van der Waals surface area (Å²) in [6.07, 6.45) is 0.747. The summed E-state index contributed by atoms with van der Waals surface area (Å²) < 4.78 is 25.3. The van der Waals surface area contributed by atoms with Gasteiger partial charge in [0.1, 0.15) is 36.1 Å². The van der Waals surface area contributed by atoms with Crippen molar-refractivity contribution in [3.63, 3.8) is 0 Å². The molecular formula is C27H26FNO5. The van der Waals surface area contributed by atoms with Gasteiger partial charge < -0.3 is 19.5 Å². The highest BCUT2D eigenvalue weighted by Crippen LogP contribution is 2.35. The molecule has 0 saturated heterocycles. The molecule has 0 fully saturated rings. The molecule has 4 rings (SSSR count). The van der Waals surface area contributed by atoms with Crippen LogP contribution in [0.4, 0.5) is 4.39 Å². The molecule has 6 nitrogen and oxygen atoms in total. The Morgan fingerprint density at radius 3 is 2.53 bits per heavy atom. The summed E-state index contributed by atoms with van der Waals surface area (Å²) in [6.45, 7) is 3.81. The molecule has 0 spiro atoms. The molecule has 1 aliphatic heterocycles. The van der Waals surface area contributed by atoms with E-state index in [9.17, 15) is 19.1 Å². The molecule has 0 bridgehead atoms. The lowest BCUT2D eigenvalue weighted by Crippen LogP contribution is -2.35. The molecule has 0 saturated carbocycles. The summed E-state index contributed by atoms with van der Waals surface area (Å²) in [5.41, 5.74) is 2.36. The van der Waals surface area contributed by atoms with E-state index in [-0.39, 0.29) is 24.6 Å². The maximum Gasteiger partial charge on any atom is 0.323 e. The van der Waals surface area contributed by atoms with Gasteiger partial charge in [0.2, 0.25) is 0 Å². The van der Waals surface area contributed by atoms with Gasteiger partial charge in [-0.15, -0.1) is 0 Å². The molecule has 1 N–H and O–H groups in total. The first kappa shape index (κ1) is 23.3. The average molecular weight is 464 g/mol. The van der Waals surface area contributed by atoms with Crippen LogP contribution in [0.1, 0.15) is 40.9 Å². The molecule has 34 heavy (non-hydrogen) atoms. The van der Waals surface area contributed by atoms with Crippen LogP contribution in [0.2, 0.25) is 0 Å². The van der Waals surface area contributed by atoms with Gasteiger partial charge in [0.25, 0.3) is 5.91 Å². The van der Waals surface area contributed by atoms with Crippen LogP contribution in [0.5, 0.6) is 11.5 Å². The maximum atomic E-state index is 13.8. The highest BCUT2D eigenvalue weighted by molar-refractivity contribution is 5.96. The number of carboxylic acids is 1. The number of amides is 1. The second kappa shape index (κ2) is 9.55. The van der Waals surface area contributed by atoms with Gasteiger partial charge in [0.05, 0.1) is 0 Å². The fourth-order valence-corrected chi connectivity index (χ4v) is 4.00. The molecule has 1 heterocycles. The van der Waals surface area contributed by atoms with Gasteiger partial charge in [-0.25, -0.2) is 4.39 Å². The minimum atomic E-state index is -1.09. The lowest BCUT2D eigenvalue weighted by Gasteiger charge is -2.21. The van der Waals surface area contributed by atoms with Gasteiger partial charge in [0.15, 0.2) is 0 Å². The number of carboxylic acid groups (broad SMARTS) is 1. The van der Waals surface area contributed by atoms with Crippen molar-refractivity contribution in [1.29, 1.82) is 0 Å². The Balaban J connectivity index is 1.45. The Morgan fingerprint density at radius 1 is 1.09 bits per heavy atom. The van der Waals surface area contributed by atoms with E-state index in [1.807, 2.05) is 32.0 Å². The van der Waals surface area contributed by atoms with Crippen molar-refractivity contribution in [2.75, 3.05) is 6.54 Å². The predicted molar refractivity (Wildman–Crippen MR) is 124 cm³/mol. The third-order valence-electron chi connectivity index (χ3n) is 5.57. The number of halogens is 1. The fourth-order valence-electron chi connectivity index (χ4n) is 4.00. The monoisotopic (exact) mass is 463 g/mol. The minimum Gasteiger partial charge on any atom is -0.489 e.